The zero-order valence-electron chi connectivity index (χ0n) is 13.4. The average molecular weight is 333 g/mol. The monoisotopic (exact) mass is 332 g/mol. The number of aromatic amines is 1. The number of piperidine rings is 3. The molecule has 124 valence electrons. The van der Waals surface area contributed by atoms with Crippen molar-refractivity contribution in [3.8, 4) is 0 Å². The number of halogens is 1. The number of fused-ring (bicyclic) bond motifs is 4. The van der Waals surface area contributed by atoms with Crippen LogP contribution in [0, 0.1) is 11.8 Å². The number of rotatable bonds is 4. The minimum atomic E-state index is 0. The molecule has 3 saturated heterocycles. The topological polar surface area (TPSA) is 39.3 Å². The molecule has 3 nitrogen and oxygen atoms in total. The van der Waals surface area contributed by atoms with E-state index >= 15 is 0 Å². The highest BCUT2D eigenvalue weighted by Gasteiger charge is 2.40. The second-order valence-electron chi connectivity index (χ2n) is 6.73. The van der Waals surface area contributed by atoms with Crippen LogP contribution in [0.1, 0.15) is 30.1 Å². The fraction of sp³-hybridized carbons (Fsp3) is 0.474. The minimum absolute atomic E-state index is 0. The van der Waals surface area contributed by atoms with Gasteiger partial charge in [-0.25, -0.2) is 0 Å². The summed E-state index contributed by atoms with van der Waals surface area (Å²) < 4.78 is 0. The van der Waals surface area contributed by atoms with Crippen molar-refractivity contribution in [3.63, 3.8) is 0 Å². The molecule has 0 amide bonds. The van der Waals surface area contributed by atoms with Crippen molar-refractivity contribution < 1.29 is 5.11 Å². The van der Waals surface area contributed by atoms with Gasteiger partial charge in [-0.2, -0.15) is 0 Å². The molecule has 2 aromatic rings. The number of aromatic nitrogens is 1. The van der Waals surface area contributed by atoms with E-state index < -0.39 is 0 Å². The molecule has 3 aliphatic rings. The van der Waals surface area contributed by atoms with Crippen LogP contribution in [0.2, 0.25) is 0 Å². The summed E-state index contributed by atoms with van der Waals surface area (Å²) in [6.45, 7) is 6.54. The predicted molar refractivity (Wildman–Crippen MR) is 97.1 cm³/mol. The van der Waals surface area contributed by atoms with Crippen LogP contribution in [0.15, 0.2) is 36.9 Å². The average Bonchev–Trinajstić information content (AvgIpc) is 2.94. The summed E-state index contributed by atoms with van der Waals surface area (Å²) in [4.78, 5) is 6.27. The van der Waals surface area contributed by atoms with Gasteiger partial charge < -0.3 is 10.1 Å². The second kappa shape index (κ2) is 6.68. The number of benzene rings is 1. The van der Waals surface area contributed by atoms with E-state index in [1.54, 1.807) is 0 Å². The van der Waals surface area contributed by atoms with Crippen molar-refractivity contribution in [3.05, 3.63) is 48.2 Å². The normalized spacial score (nSPS) is 29.4. The standard InChI is InChI=1S/C19H24N2O.ClH/c1-2-13-12-21-9-7-14(13)11-18(21)19-16(8-10-22)15-5-3-4-6-17(15)20-19;/h2-6,13-14,18,20,22H,1,7-12H2;1H/t13-,14-,18-;/m0./s1. The van der Waals surface area contributed by atoms with Crippen LogP contribution < -0.4 is 0 Å². The van der Waals surface area contributed by atoms with E-state index in [0.717, 1.165) is 18.9 Å². The van der Waals surface area contributed by atoms with E-state index in [4.69, 9.17) is 0 Å². The zero-order valence-corrected chi connectivity index (χ0v) is 14.2. The molecule has 0 spiro atoms. The van der Waals surface area contributed by atoms with Gasteiger partial charge in [0.2, 0.25) is 0 Å². The van der Waals surface area contributed by atoms with E-state index in [2.05, 4.69) is 46.8 Å². The first-order valence-electron chi connectivity index (χ1n) is 8.38. The van der Waals surface area contributed by atoms with Gasteiger partial charge in [0.05, 0.1) is 6.04 Å². The summed E-state index contributed by atoms with van der Waals surface area (Å²) in [5, 5.41) is 10.8. The van der Waals surface area contributed by atoms with E-state index in [0.29, 0.717) is 12.0 Å². The van der Waals surface area contributed by atoms with Crippen LogP contribution in [0.25, 0.3) is 10.9 Å². The van der Waals surface area contributed by atoms with Crippen LogP contribution in [0.3, 0.4) is 0 Å². The molecule has 1 aromatic carbocycles. The highest BCUT2D eigenvalue weighted by Crippen LogP contribution is 2.45. The summed E-state index contributed by atoms with van der Waals surface area (Å²) in [5.74, 6) is 1.41. The lowest BCUT2D eigenvalue weighted by Crippen LogP contribution is -2.48. The Labute approximate surface area is 143 Å². The Morgan fingerprint density at radius 2 is 2.17 bits per heavy atom. The van der Waals surface area contributed by atoms with Crippen molar-refractivity contribution in [2.24, 2.45) is 11.8 Å². The van der Waals surface area contributed by atoms with E-state index in [1.807, 2.05) is 0 Å². The van der Waals surface area contributed by atoms with Crippen LogP contribution >= 0.6 is 12.4 Å². The molecule has 0 aliphatic carbocycles. The molecule has 4 atom stereocenters. The summed E-state index contributed by atoms with van der Waals surface area (Å²) >= 11 is 0. The molecule has 0 radical (unpaired) electrons. The summed E-state index contributed by atoms with van der Waals surface area (Å²) in [5.41, 5.74) is 3.84. The smallest absolute Gasteiger partial charge is 0.0504 e. The van der Waals surface area contributed by atoms with Crippen molar-refractivity contribution >= 4 is 23.3 Å². The molecule has 2 N–H and O–H groups in total. The van der Waals surface area contributed by atoms with Gasteiger partial charge in [0.25, 0.3) is 0 Å². The lowest BCUT2D eigenvalue weighted by atomic mass is 9.74. The maximum atomic E-state index is 9.49. The Hall–Kier alpha value is -1.29. The van der Waals surface area contributed by atoms with Gasteiger partial charge in [0.1, 0.15) is 0 Å². The number of hydrogen-bond acceptors (Lipinski definition) is 2. The highest BCUT2D eigenvalue weighted by atomic mass is 35.5. The number of nitrogens with one attached hydrogen (secondary N) is 1. The predicted octanol–water partition coefficient (Wildman–Crippen LogP) is 3.69. The van der Waals surface area contributed by atoms with Crippen LogP contribution in [0.4, 0.5) is 0 Å². The maximum absolute atomic E-state index is 9.49. The molecule has 1 unspecified atom stereocenters. The van der Waals surface area contributed by atoms with Crippen LogP contribution in [-0.4, -0.2) is 34.7 Å². The quantitative estimate of drug-likeness (QED) is 0.838. The van der Waals surface area contributed by atoms with Gasteiger partial charge >= 0.3 is 0 Å². The maximum Gasteiger partial charge on any atom is 0.0504 e. The van der Waals surface area contributed by atoms with Crippen LogP contribution in [-0.2, 0) is 6.42 Å². The van der Waals surface area contributed by atoms with Crippen LogP contribution in [0.5, 0.6) is 0 Å². The lowest BCUT2D eigenvalue weighted by molar-refractivity contribution is 0.0163. The molecule has 23 heavy (non-hydrogen) atoms. The third-order valence-electron chi connectivity index (χ3n) is 5.65. The molecular formula is C19H25ClN2O. The first-order valence-corrected chi connectivity index (χ1v) is 8.38. The highest BCUT2D eigenvalue weighted by molar-refractivity contribution is 5.85. The van der Waals surface area contributed by atoms with Gasteiger partial charge in [0.15, 0.2) is 0 Å². The minimum Gasteiger partial charge on any atom is -0.396 e. The van der Waals surface area contributed by atoms with Crippen molar-refractivity contribution in [1.82, 2.24) is 9.88 Å². The Morgan fingerprint density at radius 3 is 2.87 bits per heavy atom. The SMILES string of the molecule is C=C[C@H]1CN2CC[C@H]1C[C@H]2c1[nH]c2ccccc2c1CCO.Cl. The molecule has 2 bridgehead atoms. The largest absolute Gasteiger partial charge is 0.396 e. The van der Waals surface area contributed by atoms with Crippen molar-refractivity contribution in [1.29, 1.82) is 0 Å². The zero-order chi connectivity index (χ0) is 15.1. The number of nitrogens with zero attached hydrogens (tertiary/aromatic N) is 1. The Morgan fingerprint density at radius 1 is 1.35 bits per heavy atom. The first-order chi connectivity index (χ1) is 10.8. The number of hydrogen-bond donors (Lipinski definition) is 2. The van der Waals surface area contributed by atoms with E-state index in [-0.39, 0.29) is 19.0 Å². The number of para-hydroxylation sites is 1. The first kappa shape index (κ1) is 16.6. The Bertz CT molecular complexity index is 696. The molecule has 3 aliphatic heterocycles. The van der Waals surface area contributed by atoms with E-state index in [1.165, 1.54) is 41.5 Å². The van der Waals surface area contributed by atoms with Crippen molar-refractivity contribution in [2.75, 3.05) is 19.7 Å². The Kier molecular flexibility index (Phi) is 4.81. The Balaban J connectivity index is 0.00000156. The molecular weight excluding hydrogens is 308 g/mol. The molecule has 3 fully saturated rings. The van der Waals surface area contributed by atoms with Gasteiger partial charge in [-0.05, 0) is 49.3 Å². The van der Waals surface area contributed by atoms with Gasteiger partial charge in [-0.1, -0.05) is 24.3 Å². The fourth-order valence-corrected chi connectivity index (χ4v) is 4.52. The third kappa shape index (κ3) is 2.71. The van der Waals surface area contributed by atoms with Gasteiger partial charge in [-0.15, -0.1) is 19.0 Å². The van der Waals surface area contributed by atoms with E-state index in [9.17, 15) is 5.11 Å². The van der Waals surface area contributed by atoms with Gasteiger partial charge in [-0.3, -0.25) is 4.90 Å². The van der Waals surface area contributed by atoms with Crippen molar-refractivity contribution in [2.45, 2.75) is 25.3 Å². The lowest BCUT2D eigenvalue weighted by Gasteiger charge is -2.49. The summed E-state index contributed by atoms with van der Waals surface area (Å²) in [6.07, 6.45) is 5.39. The number of aliphatic hydroxyl groups is 1. The molecule has 4 heterocycles. The number of aliphatic hydroxyl groups excluding tert-OH is 1. The molecule has 1 aromatic heterocycles. The summed E-state index contributed by atoms with van der Waals surface area (Å²) in [6, 6.07) is 8.95. The summed E-state index contributed by atoms with van der Waals surface area (Å²) in [7, 11) is 0. The molecule has 4 heteroatoms. The third-order valence-corrected chi connectivity index (χ3v) is 5.65. The van der Waals surface area contributed by atoms with Gasteiger partial charge in [0, 0.05) is 29.7 Å². The molecule has 0 saturated carbocycles. The fourth-order valence-electron chi connectivity index (χ4n) is 4.52. The second-order valence-corrected chi connectivity index (χ2v) is 6.73. The molecule has 5 rings (SSSR count). The number of H-pyrrole nitrogens is 1.